The van der Waals surface area contributed by atoms with Crippen LogP contribution in [0.4, 0.5) is 23.2 Å². The standard InChI is InChI=1S/C18H12F4N2O/c1-8(25)23-10-2-3-11-9(6-10)7-13-12-4-5-14(18(20,21)22)15(19)17(12)24-16(11)13/h2-6,24H,7H2,1H3,(H,23,25). The molecule has 3 aromatic rings. The van der Waals surface area contributed by atoms with Crippen molar-refractivity contribution >= 4 is 22.5 Å². The summed E-state index contributed by atoms with van der Waals surface area (Å²) in [6, 6.07) is 7.37. The third-order valence-corrected chi connectivity index (χ3v) is 4.39. The summed E-state index contributed by atoms with van der Waals surface area (Å²) in [4.78, 5) is 14.0. The highest BCUT2D eigenvalue weighted by atomic mass is 19.4. The van der Waals surface area contributed by atoms with E-state index in [1.807, 2.05) is 6.07 Å². The lowest BCUT2D eigenvalue weighted by molar-refractivity contribution is -0.139. The van der Waals surface area contributed by atoms with E-state index in [-0.39, 0.29) is 11.4 Å². The van der Waals surface area contributed by atoms with Crippen LogP contribution in [0.1, 0.15) is 23.6 Å². The number of nitrogens with one attached hydrogen (secondary N) is 2. The van der Waals surface area contributed by atoms with Crippen molar-refractivity contribution in [1.29, 1.82) is 0 Å². The smallest absolute Gasteiger partial charge is 0.352 e. The van der Waals surface area contributed by atoms with E-state index in [2.05, 4.69) is 10.3 Å². The van der Waals surface area contributed by atoms with Crippen LogP contribution in [0.5, 0.6) is 0 Å². The molecule has 128 valence electrons. The molecule has 0 bridgehead atoms. The fourth-order valence-corrected chi connectivity index (χ4v) is 3.37. The topological polar surface area (TPSA) is 44.9 Å². The molecule has 1 aromatic heterocycles. The number of aromatic nitrogens is 1. The molecule has 0 radical (unpaired) electrons. The van der Waals surface area contributed by atoms with Crippen LogP contribution >= 0.6 is 0 Å². The van der Waals surface area contributed by atoms with Crippen LogP contribution in [-0.2, 0) is 17.4 Å². The molecule has 1 aliphatic carbocycles. The second-order valence-electron chi connectivity index (χ2n) is 6.06. The number of amides is 1. The minimum Gasteiger partial charge on any atom is -0.352 e. The van der Waals surface area contributed by atoms with Gasteiger partial charge in [-0.25, -0.2) is 4.39 Å². The van der Waals surface area contributed by atoms with Crippen LogP contribution in [0.15, 0.2) is 30.3 Å². The fraction of sp³-hybridized carbons (Fsp3) is 0.167. The van der Waals surface area contributed by atoms with Crippen molar-refractivity contribution in [3.05, 3.63) is 52.8 Å². The molecule has 0 spiro atoms. The molecule has 0 aliphatic heterocycles. The molecule has 2 N–H and O–H groups in total. The maximum atomic E-state index is 14.3. The average molecular weight is 348 g/mol. The predicted octanol–water partition coefficient (Wildman–Crippen LogP) is 4.86. The first-order valence-electron chi connectivity index (χ1n) is 7.57. The van der Waals surface area contributed by atoms with Gasteiger partial charge < -0.3 is 10.3 Å². The monoisotopic (exact) mass is 348 g/mol. The average Bonchev–Trinajstić information content (AvgIpc) is 3.02. The first-order valence-corrected chi connectivity index (χ1v) is 7.57. The lowest BCUT2D eigenvalue weighted by Gasteiger charge is -2.09. The summed E-state index contributed by atoms with van der Waals surface area (Å²) in [6.07, 6.45) is -4.28. The number of alkyl halides is 3. The Morgan fingerprint density at radius 3 is 2.64 bits per heavy atom. The number of aromatic amines is 1. The van der Waals surface area contributed by atoms with Crippen molar-refractivity contribution in [3.8, 4) is 11.3 Å². The number of benzene rings is 2. The number of anilines is 1. The van der Waals surface area contributed by atoms with Crippen molar-refractivity contribution in [1.82, 2.24) is 4.98 Å². The first kappa shape index (κ1) is 15.7. The Morgan fingerprint density at radius 2 is 1.96 bits per heavy atom. The summed E-state index contributed by atoms with van der Waals surface area (Å²) in [5.41, 5.74) is 2.35. The Hall–Kier alpha value is -2.83. The molecule has 0 saturated heterocycles. The molecule has 0 unspecified atom stereocenters. The SMILES string of the molecule is CC(=O)Nc1ccc2c(c1)Cc1c-2[nH]c2c(F)c(C(F)(F)F)ccc12. The van der Waals surface area contributed by atoms with E-state index in [0.717, 1.165) is 22.8 Å². The van der Waals surface area contributed by atoms with E-state index >= 15 is 0 Å². The minimum atomic E-state index is -4.74. The van der Waals surface area contributed by atoms with Crippen LogP contribution in [0.3, 0.4) is 0 Å². The maximum Gasteiger partial charge on any atom is 0.419 e. The van der Waals surface area contributed by atoms with Crippen LogP contribution < -0.4 is 5.32 Å². The van der Waals surface area contributed by atoms with Crippen LogP contribution in [0, 0.1) is 5.82 Å². The van der Waals surface area contributed by atoms with E-state index in [1.165, 1.54) is 13.0 Å². The number of carbonyl (C=O) groups is 1. The summed E-state index contributed by atoms with van der Waals surface area (Å²) in [6.45, 7) is 1.41. The van der Waals surface area contributed by atoms with E-state index in [0.29, 0.717) is 23.2 Å². The highest BCUT2D eigenvalue weighted by Gasteiger charge is 2.36. The first-order chi connectivity index (χ1) is 11.8. The van der Waals surface area contributed by atoms with Crippen LogP contribution in [0.25, 0.3) is 22.2 Å². The minimum absolute atomic E-state index is 0.128. The zero-order valence-electron chi connectivity index (χ0n) is 13.0. The van der Waals surface area contributed by atoms with Crippen LogP contribution in [-0.4, -0.2) is 10.9 Å². The van der Waals surface area contributed by atoms with Gasteiger partial charge in [0.2, 0.25) is 5.91 Å². The fourth-order valence-electron chi connectivity index (χ4n) is 3.37. The second kappa shape index (κ2) is 5.08. The van der Waals surface area contributed by atoms with Gasteiger partial charge in [-0.2, -0.15) is 13.2 Å². The highest BCUT2D eigenvalue weighted by Crippen LogP contribution is 2.43. The molecule has 1 heterocycles. The lowest BCUT2D eigenvalue weighted by atomic mass is 10.1. The van der Waals surface area contributed by atoms with Gasteiger partial charge in [0.1, 0.15) is 0 Å². The number of rotatable bonds is 1. The van der Waals surface area contributed by atoms with E-state index < -0.39 is 17.6 Å². The van der Waals surface area contributed by atoms with Crippen molar-refractivity contribution < 1.29 is 22.4 Å². The van der Waals surface area contributed by atoms with Crippen LogP contribution in [0.2, 0.25) is 0 Å². The normalized spacial score (nSPS) is 13.0. The summed E-state index contributed by atoms with van der Waals surface area (Å²) >= 11 is 0. The number of hydrogen-bond acceptors (Lipinski definition) is 1. The molecule has 1 aliphatic rings. The quantitative estimate of drug-likeness (QED) is 0.474. The van der Waals surface area contributed by atoms with E-state index in [4.69, 9.17) is 0 Å². The molecule has 0 fully saturated rings. The van der Waals surface area contributed by atoms with Crippen molar-refractivity contribution in [2.24, 2.45) is 0 Å². The number of halogens is 4. The van der Waals surface area contributed by atoms with Crippen molar-refractivity contribution in [2.45, 2.75) is 19.5 Å². The number of carbonyl (C=O) groups excluding carboxylic acids is 1. The zero-order chi connectivity index (χ0) is 17.9. The molecule has 0 atom stereocenters. The van der Waals surface area contributed by atoms with E-state index in [9.17, 15) is 22.4 Å². The third-order valence-electron chi connectivity index (χ3n) is 4.39. The molecule has 25 heavy (non-hydrogen) atoms. The molecule has 2 aromatic carbocycles. The maximum absolute atomic E-state index is 14.3. The largest absolute Gasteiger partial charge is 0.419 e. The van der Waals surface area contributed by atoms with Gasteiger partial charge in [0.25, 0.3) is 0 Å². The highest BCUT2D eigenvalue weighted by molar-refractivity contribution is 5.96. The molecule has 7 heteroatoms. The molecule has 3 nitrogen and oxygen atoms in total. The Balaban J connectivity index is 1.85. The van der Waals surface area contributed by atoms with Crippen molar-refractivity contribution in [2.75, 3.05) is 5.32 Å². The Kier molecular flexibility index (Phi) is 3.19. The Bertz CT molecular complexity index is 1030. The van der Waals surface area contributed by atoms with Gasteiger partial charge in [0, 0.05) is 30.0 Å². The Labute approximate surface area is 139 Å². The van der Waals surface area contributed by atoms with Crippen molar-refractivity contribution in [3.63, 3.8) is 0 Å². The number of fused-ring (bicyclic) bond motifs is 5. The molecule has 1 amide bonds. The summed E-state index contributed by atoms with van der Waals surface area (Å²) in [5.74, 6) is -1.47. The van der Waals surface area contributed by atoms with Gasteiger partial charge in [0.15, 0.2) is 5.82 Å². The summed E-state index contributed by atoms with van der Waals surface area (Å²) in [7, 11) is 0. The molecular weight excluding hydrogens is 336 g/mol. The van der Waals surface area contributed by atoms with E-state index in [1.54, 1.807) is 12.1 Å². The molecule has 0 saturated carbocycles. The Morgan fingerprint density at radius 1 is 1.20 bits per heavy atom. The summed E-state index contributed by atoms with van der Waals surface area (Å²) < 4.78 is 52.9. The zero-order valence-corrected chi connectivity index (χ0v) is 13.0. The predicted molar refractivity (Wildman–Crippen MR) is 85.8 cm³/mol. The summed E-state index contributed by atoms with van der Waals surface area (Å²) in [5, 5.41) is 3.13. The van der Waals surface area contributed by atoms with Gasteiger partial charge in [-0.3, -0.25) is 4.79 Å². The van der Waals surface area contributed by atoms with Gasteiger partial charge in [0.05, 0.1) is 16.8 Å². The lowest BCUT2D eigenvalue weighted by Crippen LogP contribution is -2.08. The number of H-pyrrole nitrogens is 1. The van der Waals surface area contributed by atoms with Gasteiger partial charge >= 0.3 is 6.18 Å². The van der Waals surface area contributed by atoms with Gasteiger partial charge in [-0.05, 0) is 29.3 Å². The number of hydrogen-bond donors (Lipinski definition) is 2. The molecular formula is C18H12F4N2O. The van der Waals surface area contributed by atoms with Gasteiger partial charge in [-0.15, -0.1) is 0 Å². The van der Waals surface area contributed by atoms with Gasteiger partial charge in [-0.1, -0.05) is 12.1 Å². The molecule has 4 rings (SSSR count). The third kappa shape index (κ3) is 2.38. The second-order valence-corrected chi connectivity index (χ2v) is 6.06.